The van der Waals surface area contributed by atoms with Crippen molar-refractivity contribution >= 4 is 22.6 Å². The minimum absolute atomic E-state index is 0.0379. The number of nitrogens with two attached hydrogens (primary N) is 1. The third-order valence-corrected chi connectivity index (χ3v) is 3.00. The summed E-state index contributed by atoms with van der Waals surface area (Å²) in [6.45, 7) is 0. The zero-order chi connectivity index (χ0) is 15.0. The lowest BCUT2D eigenvalue weighted by Crippen LogP contribution is -2.04. The molecule has 0 radical (unpaired) electrons. The number of hydrogen-bond acceptors (Lipinski definition) is 5. The minimum Gasteiger partial charge on any atom is -0.476 e. The van der Waals surface area contributed by atoms with Gasteiger partial charge in [0.25, 0.3) is 0 Å². The Kier molecular flexibility index (Phi) is 2.77. The van der Waals surface area contributed by atoms with E-state index in [0.29, 0.717) is 16.9 Å². The van der Waals surface area contributed by atoms with Gasteiger partial charge in [-0.3, -0.25) is 0 Å². The first-order valence-electron chi connectivity index (χ1n) is 5.99. The van der Waals surface area contributed by atoms with Crippen LogP contribution in [0.2, 0.25) is 0 Å². The van der Waals surface area contributed by atoms with Gasteiger partial charge >= 0.3 is 5.97 Å². The van der Waals surface area contributed by atoms with Crippen molar-refractivity contribution in [1.29, 1.82) is 5.26 Å². The fourth-order valence-corrected chi connectivity index (χ4v) is 2.04. The highest BCUT2D eigenvalue weighted by atomic mass is 16.4. The van der Waals surface area contributed by atoms with Crippen molar-refractivity contribution in [2.24, 2.45) is 0 Å². The van der Waals surface area contributed by atoms with Gasteiger partial charge in [-0.05, 0) is 6.07 Å². The van der Waals surface area contributed by atoms with E-state index in [2.05, 4.69) is 16.2 Å². The van der Waals surface area contributed by atoms with Crippen LogP contribution in [0.3, 0.4) is 0 Å². The maximum Gasteiger partial charge on any atom is 0.358 e. The van der Waals surface area contributed by atoms with E-state index in [-0.39, 0.29) is 11.4 Å². The van der Waals surface area contributed by atoms with Crippen LogP contribution in [0.15, 0.2) is 36.5 Å². The Bertz CT molecular complexity index is 907. The number of pyridine rings is 1. The average Bonchev–Trinajstić information content (AvgIpc) is 2.88. The molecule has 0 saturated heterocycles. The van der Waals surface area contributed by atoms with Gasteiger partial charge in [-0.25, -0.2) is 14.5 Å². The van der Waals surface area contributed by atoms with E-state index in [1.165, 1.54) is 10.9 Å². The van der Waals surface area contributed by atoms with E-state index in [1.807, 2.05) is 6.07 Å². The zero-order valence-corrected chi connectivity index (χ0v) is 10.7. The zero-order valence-electron chi connectivity index (χ0n) is 10.7. The van der Waals surface area contributed by atoms with Gasteiger partial charge in [0.05, 0.1) is 29.0 Å². The molecule has 0 amide bonds. The molecule has 0 aliphatic rings. The van der Waals surface area contributed by atoms with E-state index >= 15 is 0 Å². The van der Waals surface area contributed by atoms with E-state index in [4.69, 9.17) is 10.8 Å². The molecule has 3 N–H and O–H groups in total. The van der Waals surface area contributed by atoms with Gasteiger partial charge in [0.15, 0.2) is 11.5 Å². The van der Waals surface area contributed by atoms with Crippen LogP contribution in [0.5, 0.6) is 0 Å². The molecule has 21 heavy (non-hydrogen) atoms. The quantitative estimate of drug-likeness (QED) is 0.735. The molecule has 3 aromatic rings. The van der Waals surface area contributed by atoms with Crippen LogP contribution >= 0.6 is 0 Å². The Morgan fingerprint density at radius 3 is 2.81 bits per heavy atom. The second-order valence-electron chi connectivity index (χ2n) is 4.34. The second kappa shape index (κ2) is 4.61. The number of para-hydroxylation sites is 1. The Morgan fingerprint density at radius 1 is 1.38 bits per heavy atom. The Balaban J connectivity index is 2.24. The molecule has 7 nitrogen and oxygen atoms in total. The fraction of sp³-hybridized carbons (Fsp3) is 0. The summed E-state index contributed by atoms with van der Waals surface area (Å²) in [6.07, 6.45) is 1.36. The van der Waals surface area contributed by atoms with Gasteiger partial charge in [0.2, 0.25) is 0 Å². The van der Waals surface area contributed by atoms with Gasteiger partial charge in [-0.15, -0.1) is 0 Å². The molecule has 0 atom stereocenters. The highest BCUT2D eigenvalue weighted by Crippen LogP contribution is 2.20. The summed E-state index contributed by atoms with van der Waals surface area (Å²) in [7, 11) is 0. The molecule has 0 saturated carbocycles. The Labute approximate surface area is 118 Å². The molecule has 0 aliphatic carbocycles. The number of rotatable bonds is 2. The third-order valence-electron chi connectivity index (χ3n) is 3.00. The van der Waals surface area contributed by atoms with Gasteiger partial charge < -0.3 is 10.8 Å². The molecule has 3 rings (SSSR count). The van der Waals surface area contributed by atoms with Crippen LogP contribution in [0.1, 0.15) is 16.1 Å². The largest absolute Gasteiger partial charge is 0.476 e. The van der Waals surface area contributed by atoms with E-state index in [1.54, 1.807) is 24.3 Å². The number of anilines is 1. The second-order valence-corrected chi connectivity index (χ2v) is 4.34. The molecule has 2 heterocycles. The predicted molar refractivity (Wildman–Crippen MR) is 75.0 cm³/mol. The molecule has 0 aliphatic heterocycles. The maximum atomic E-state index is 11.0. The number of benzene rings is 1. The van der Waals surface area contributed by atoms with Crippen molar-refractivity contribution in [3.8, 4) is 11.9 Å². The van der Waals surface area contributed by atoms with Crippen LogP contribution in [0, 0.1) is 11.3 Å². The average molecular weight is 279 g/mol. The summed E-state index contributed by atoms with van der Waals surface area (Å²) in [5, 5.41) is 22.8. The molecule has 7 heteroatoms. The molecule has 1 aromatic carbocycles. The van der Waals surface area contributed by atoms with E-state index in [0.717, 1.165) is 5.39 Å². The van der Waals surface area contributed by atoms with Gasteiger partial charge in [0, 0.05) is 11.5 Å². The lowest BCUT2D eigenvalue weighted by atomic mass is 10.1. The Hall–Kier alpha value is -3.40. The van der Waals surface area contributed by atoms with Crippen molar-refractivity contribution in [2.75, 3.05) is 5.73 Å². The SMILES string of the molecule is N#Cc1cc(-n2cc(N)c(C(=O)O)n2)nc2ccccc12. The molecule has 0 fully saturated rings. The normalized spacial score (nSPS) is 10.4. The van der Waals surface area contributed by atoms with E-state index in [9.17, 15) is 10.1 Å². The standard InChI is InChI=1S/C14H9N5O2/c15-6-8-5-12(17-11-4-2-1-3-9(8)11)19-7-10(16)13(18-19)14(20)21/h1-5,7H,16H2,(H,20,21). The minimum atomic E-state index is -1.22. The molecule has 2 aromatic heterocycles. The molecule has 0 bridgehead atoms. The van der Waals surface area contributed by atoms with Crippen LogP contribution in [-0.2, 0) is 0 Å². The fourth-order valence-electron chi connectivity index (χ4n) is 2.04. The molecule has 0 spiro atoms. The van der Waals surface area contributed by atoms with Gasteiger partial charge in [-0.2, -0.15) is 10.4 Å². The van der Waals surface area contributed by atoms with Gasteiger partial charge in [0.1, 0.15) is 0 Å². The number of carbonyl (C=O) groups is 1. The third kappa shape index (κ3) is 2.04. The molecule has 102 valence electrons. The predicted octanol–water partition coefficient (Wildman–Crippen LogP) is 1.57. The first kappa shape index (κ1) is 12.6. The summed E-state index contributed by atoms with van der Waals surface area (Å²) in [5.41, 5.74) is 6.45. The van der Waals surface area contributed by atoms with Gasteiger partial charge in [-0.1, -0.05) is 18.2 Å². The molecular formula is C14H9N5O2. The monoisotopic (exact) mass is 279 g/mol. The van der Waals surface area contributed by atoms with Crippen molar-refractivity contribution in [1.82, 2.24) is 14.8 Å². The number of aromatic nitrogens is 3. The molecule has 0 unspecified atom stereocenters. The number of nitrogen functional groups attached to an aromatic ring is 1. The first-order valence-corrected chi connectivity index (χ1v) is 5.99. The van der Waals surface area contributed by atoms with E-state index < -0.39 is 5.97 Å². The first-order chi connectivity index (χ1) is 10.1. The lowest BCUT2D eigenvalue weighted by molar-refractivity contribution is 0.0691. The lowest BCUT2D eigenvalue weighted by Gasteiger charge is -2.04. The highest BCUT2D eigenvalue weighted by molar-refractivity contribution is 5.91. The number of nitrogens with zero attached hydrogens (tertiary/aromatic N) is 4. The van der Waals surface area contributed by atoms with Crippen LogP contribution in [0.4, 0.5) is 5.69 Å². The number of nitriles is 1. The number of carboxylic acids is 1. The number of hydrogen-bond donors (Lipinski definition) is 2. The summed E-state index contributed by atoms with van der Waals surface area (Å²) in [5.74, 6) is -0.878. The summed E-state index contributed by atoms with van der Waals surface area (Å²) >= 11 is 0. The summed E-state index contributed by atoms with van der Waals surface area (Å²) < 4.78 is 1.26. The number of carboxylic acid groups (broad SMARTS) is 1. The topological polar surface area (TPSA) is 118 Å². The van der Waals surface area contributed by atoms with Crippen LogP contribution in [-0.4, -0.2) is 25.8 Å². The van der Waals surface area contributed by atoms with Crippen LogP contribution in [0.25, 0.3) is 16.7 Å². The van der Waals surface area contributed by atoms with Crippen molar-refractivity contribution < 1.29 is 9.90 Å². The maximum absolute atomic E-state index is 11.0. The number of fused-ring (bicyclic) bond motifs is 1. The molecular weight excluding hydrogens is 270 g/mol. The van der Waals surface area contributed by atoms with Crippen LogP contribution < -0.4 is 5.73 Å². The van der Waals surface area contributed by atoms with Crippen molar-refractivity contribution in [3.05, 3.63) is 47.8 Å². The summed E-state index contributed by atoms with van der Waals surface area (Å²) in [4.78, 5) is 15.3. The summed E-state index contributed by atoms with van der Waals surface area (Å²) in [6, 6.07) is 10.8. The number of aromatic carboxylic acids is 1. The Morgan fingerprint density at radius 2 is 2.14 bits per heavy atom. The smallest absolute Gasteiger partial charge is 0.358 e. The highest BCUT2D eigenvalue weighted by Gasteiger charge is 2.15. The van der Waals surface area contributed by atoms with Crippen molar-refractivity contribution in [3.63, 3.8) is 0 Å². The van der Waals surface area contributed by atoms with Crippen molar-refractivity contribution in [2.45, 2.75) is 0 Å².